The van der Waals surface area contributed by atoms with E-state index in [0.717, 1.165) is 51.4 Å². The quantitative estimate of drug-likeness (QED) is 0.450. The SMILES string of the molecule is NCCCCCCC(=O)NCC1(C(=O)O)CCCCCC1. The molecule has 0 aromatic heterocycles. The summed E-state index contributed by atoms with van der Waals surface area (Å²) in [5, 5.41) is 12.4. The van der Waals surface area contributed by atoms with Crippen molar-refractivity contribution in [3.63, 3.8) is 0 Å². The van der Waals surface area contributed by atoms with Crippen molar-refractivity contribution in [2.45, 2.75) is 70.6 Å². The summed E-state index contributed by atoms with van der Waals surface area (Å²) >= 11 is 0. The largest absolute Gasteiger partial charge is 0.481 e. The second-order valence-electron chi connectivity index (χ2n) is 6.23. The predicted molar refractivity (Wildman–Crippen MR) is 82.9 cm³/mol. The number of carboxylic acids is 1. The Labute approximate surface area is 127 Å². The number of hydrogen-bond acceptors (Lipinski definition) is 3. The Morgan fingerprint density at radius 2 is 1.62 bits per heavy atom. The molecule has 1 amide bonds. The number of nitrogens with one attached hydrogen (secondary N) is 1. The molecule has 0 aromatic carbocycles. The van der Waals surface area contributed by atoms with E-state index in [-0.39, 0.29) is 12.5 Å². The zero-order valence-electron chi connectivity index (χ0n) is 13.0. The van der Waals surface area contributed by atoms with Gasteiger partial charge < -0.3 is 16.2 Å². The molecule has 1 aliphatic rings. The highest BCUT2D eigenvalue weighted by atomic mass is 16.4. The van der Waals surface area contributed by atoms with Crippen LogP contribution < -0.4 is 11.1 Å². The lowest BCUT2D eigenvalue weighted by Gasteiger charge is -2.28. The number of nitrogens with two attached hydrogens (primary N) is 1. The van der Waals surface area contributed by atoms with Crippen LogP contribution in [-0.2, 0) is 9.59 Å². The normalized spacial score (nSPS) is 18.0. The molecule has 122 valence electrons. The van der Waals surface area contributed by atoms with E-state index in [2.05, 4.69) is 5.32 Å². The van der Waals surface area contributed by atoms with Gasteiger partial charge in [-0.3, -0.25) is 9.59 Å². The minimum absolute atomic E-state index is 0.0207. The number of aliphatic carboxylic acids is 1. The first-order chi connectivity index (χ1) is 10.1. The van der Waals surface area contributed by atoms with Gasteiger partial charge in [-0.05, 0) is 32.2 Å². The number of hydrogen-bond donors (Lipinski definition) is 3. The molecule has 0 spiro atoms. The summed E-state index contributed by atoms with van der Waals surface area (Å²) in [7, 11) is 0. The third kappa shape index (κ3) is 6.46. The summed E-state index contributed by atoms with van der Waals surface area (Å²) < 4.78 is 0. The first kappa shape index (κ1) is 18.0. The highest BCUT2D eigenvalue weighted by molar-refractivity contribution is 5.79. The van der Waals surface area contributed by atoms with Gasteiger partial charge in [0.1, 0.15) is 0 Å². The van der Waals surface area contributed by atoms with Crippen LogP contribution in [-0.4, -0.2) is 30.1 Å². The zero-order valence-corrected chi connectivity index (χ0v) is 13.0. The molecule has 0 aromatic rings. The molecular formula is C16H30N2O3. The van der Waals surface area contributed by atoms with Gasteiger partial charge in [-0.25, -0.2) is 0 Å². The molecule has 21 heavy (non-hydrogen) atoms. The summed E-state index contributed by atoms with van der Waals surface area (Å²) in [6, 6.07) is 0. The monoisotopic (exact) mass is 298 g/mol. The van der Waals surface area contributed by atoms with E-state index in [1.54, 1.807) is 0 Å². The van der Waals surface area contributed by atoms with Crippen LogP contribution in [0.5, 0.6) is 0 Å². The van der Waals surface area contributed by atoms with Crippen molar-refractivity contribution in [3.8, 4) is 0 Å². The summed E-state index contributed by atoms with van der Waals surface area (Å²) in [5.74, 6) is -0.778. The molecule has 0 heterocycles. The van der Waals surface area contributed by atoms with Gasteiger partial charge in [0.05, 0.1) is 5.41 Å². The molecule has 0 saturated heterocycles. The molecule has 5 heteroatoms. The average molecular weight is 298 g/mol. The summed E-state index contributed by atoms with van der Waals surface area (Å²) in [5.41, 5.74) is 4.68. The van der Waals surface area contributed by atoms with Crippen molar-refractivity contribution in [1.29, 1.82) is 0 Å². The van der Waals surface area contributed by atoms with Crippen LogP contribution >= 0.6 is 0 Å². The molecule has 1 rings (SSSR count). The van der Waals surface area contributed by atoms with Crippen LogP contribution in [0.2, 0.25) is 0 Å². The molecule has 1 saturated carbocycles. The second-order valence-corrected chi connectivity index (χ2v) is 6.23. The number of carboxylic acid groups (broad SMARTS) is 1. The molecule has 4 N–H and O–H groups in total. The summed E-state index contributed by atoms with van der Waals surface area (Å²) in [6.45, 7) is 0.983. The molecule has 0 radical (unpaired) electrons. The smallest absolute Gasteiger partial charge is 0.311 e. The van der Waals surface area contributed by atoms with Gasteiger partial charge in [0, 0.05) is 13.0 Å². The molecule has 0 unspecified atom stereocenters. The van der Waals surface area contributed by atoms with Gasteiger partial charge in [-0.2, -0.15) is 0 Å². The highest BCUT2D eigenvalue weighted by Crippen LogP contribution is 2.34. The van der Waals surface area contributed by atoms with Gasteiger partial charge >= 0.3 is 5.97 Å². The summed E-state index contributed by atoms with van der Waals surface area (Å²) in [6.07, 6.45) is 9.86. The molecule has 1 aliphatic carbocycles. The van der Waals surface area contributed by atoms with E-state index in [9.17, 15) is 14.7 Å². The van der Waals surface area contributed by atoms with Gasteiger partial charge in [0.2, 0.25) is 5.91 Å². The van der Waals surface area contributed by atoms with Crippen molar-refractivity contribution in [2.24, 2.45) is 11.1 Å². The minimum atomic E-state index is -0.757. The molecule has 0 atom stereocenters. The fourth-order valence-corrected chi connectivity index (χ4v) is 3.01. The van der Waals surface area contributed by atoms with E-state index < -0.39 is 11.4 Å². The van der Waals surface area contributed by atoms with Crippen molar-refractivity contribution < 1.29 is 14.7 Å². The predicted octanol–water partition coefficient (Wildman–Crippen LogP) is 2.44. The fraction of sp³-hybridized carbons (Fsp3) is 0.875. The number of carbonyl (C=O) groups excluding carboxylic acids is 1. The van der Waals surface area contributed by atoms with Crippen LogP contribution in [0.3, 0.4) is 0 Å². The van der Waals surface area contributed by atoms with Gasteiger partial charge in [-0.15, -0.1) is 0 Å². The van der Waals surface area contributed by atoms with Crippen molar-refractivity contribution in [3.05, 3.63) is 0 Å². The van der Waals surface area contributed by atoms with Gasteiger partial charge in [0.25, 0.3) is 0 Å². The number of carbonyl (C=O) groups is 2. The lowest BCUT2D eigenvalue weighted by atomic mass is 9.80. The Hall–Kier alpha value is -1.10. The molecular weight excluding hydrogens is 268 g/mol. The summed E-state index contributed by atoms with van der Waals surface area (Å²) in [4.78, 5) is 23.5. The zero-order chi connectivity index (χ0) is 15.6. The third-order valence-corrected chi connectivity index (χ3v) is 4.50. The Balaban J connectivity index is 2.32. The number of unbranched alkanes of at least 4 members (excludes halogenated alkanes) is 3. The topological polar surface area (TPSA) is 92.4 Å². The third-order valence-electron chi connectivity index (χ3n) is 4.50. The van der Waals surface area contributed by atoms with Crippen molar-refractivity contribution in [1.82, 2.24) is 5.32 Å². The fourth-order valence-electron chi connectivity index (χ4n) is 3.01. The van der Waals surface area contributed by atoms with E-state index in [4.69, 9.17) is 5.73 Å². The number of amides is 1. The minimum Gasteiger partial charge on any atom is -0.481 e. The Bertz CT molecular complexity index is 323. The lowest BCUT2D eigenvalue weighted by Crippen LogP contribution is -2.42. The molecule has 5 nitrogen and oxygen atoms in total. The number of rotatable bonds is 9. The second kappa shape index (κ2) is 9.77. The Morgan fingerprint density at radius 1 is 1.00 bits per heavy atom. The Kier molecular flexibility index (Phi) is 8.35. The van der Waals surface area contributed by atoms with Crippen LogP contribution in [0.1, 0.15) is 70.6 Å². The molecule has 0 aliphatic heterocycles. The maximum Gasteiger partial charge on any atom is 0.311 e. The van der Waals surface area contributed by atoms with E-state index in [1.165, 1.54) is 0 Å². The Morgan fingerprint density at radius 3 is 2.19 bits per heavy atom. The van der Waals surface area contributed by atoms with E-state index in [0.29, 0.717) is 25.8 Å². The van der Waals surface area contributed by atoms with Gasteiger partial charge in [0.15, 0.2) is 0 Å². The average Bonchev–Trinajstić information content (AvgIpc) is 2.71. The first-order valence-electron chi connectivity index (χ1n) is 8.31. The van der Waals surface area contributed by atoms with Crippen molar-refractivity contribution >= 4 is 11.9 Å². The lowest BCUT2D eigenvalue weighted by molar-refractivity contribution is -0.149. The van der Waals surface area contributed by atoms with Crippen LogP contribution in [0.4, 0.5) is 0 Å². The van der Waals surface area contributed by atoms with Gasteiger partial charge in [-0.1, -0.05) is 38.5 Å². The highest BCUT2D eigenvalue weighted by Gasteiger charge is 2.38. The first-order valence-corrected chi connectivity index (χ1v) is 8.31. The van der Waals surface area contributed by atoms with Crippen molar-refractivity contribution in [2.75, 3.05) is 13.1 Å². The van der Waals surface area contributed by atoms with E-state index in [1.807, 2.05) is 0 Å². The van der Waals surface area contributed by atoms with Crippen LogP contribution in [0.25, 0.3) is 0 Å². The van der Waals surface area contributed by atoms with Crippen LogP contribution in [0.15, 0.2) is 0 Å². The standard InChI is InChI=1S/C16H30N2O3/c17-12-8-4-1-5-9-14(19)18-13-16(15(20)21)10-6-2-3-7-11-16/h1-13,17H2,(H,18,19)(H,20,21). The van der Waals surface area contributed by atoms with E-state index >= 15 is 0 Å². The molecule has 1 fully saturated rings. The van der Waals surface area contributed by atoms with Crippen LogP contribution in [0, 0.1) is 5.41 Å². The maximum atomic E-state index is 11.8. The maximum absolute atomic E-state index is 11.8. The molecule has 0 bridgehead atoms.